The molecule has 0 heterocycles. The second-order valence-electron chi connectivity index (χ2n) is 3.85. The van der Waals surface area contributed by atoms with E-state index >= 15 is 0 Å². The third-order valence-corrected chi connectivity index (χ3v) is 2.49. The van der Waals surface area contributed by atoms with Gasteiger partial charge in [0.25, 0.3) is 0 Å². The van der Waals surface area contributed by atoms with Gasteiger partial charge in [0.05, 0.1) is 6.10 Å². The van der Waals surface area contributed by atoms with Crippen molar-refractivity contribution in [3.8, 4) is 0 Å². The Balaban J connectivity index is 2.50. The molecule has 15 heavy (non-hydrogen) atoms. The minimum atomic E-state index is -0.406. The fourth-order valence-electron chi connectivity index (χ4n) is 1.27. The number of anilines is 1. The molecule has 1 aromatic rings. The molecule has 0 radical (unpaired) electrons. The number of aliphatic hydroxyl groups is 1. The molecule has 0 bridgehead atoms. The van der Waals surface area contributed by atoms with Gasteiger partial charge in [-0.3, -0.25) is 0 Å². The molecule has 4 N–H and O–H groups in total. The van der Waals surface area contributed by atoms with Crippen LogP contribution in [0.3, 0.4) is 0 Å². The summed E-state index contributed by atoms with van der Waals surface area (Å²) in [6.07, 6.45) is 0.565. The SMILES string of the molecule is CCC(N)CNc1ccc(C(C)O)cc1. The van der Waals surface area contributed by atoms with E-state index in [4.69, 9.17) is 5.73 Å². The number of benzene rings is 1. The highest BCUT2D eigenvalue weighted by Crippen LogP contribution is 2.15. The van der Waals surface area contributed by atoms with Gasteiger partial charge in [0.1, 0.15) is 0 Å². The van der Waals surface area contributed by atoms with Crippen LogP contribution in [-0.2, 0) is 0 Å². The quantitative estimate of drug-likeness (QED) is 0.692. The van der Waals surface area contributed by atoms with E-state index in [2.05, 4.69) is 12.2 Å². The van der Waals surface area contributed by atoms with E-state index in [1.54, 1.807) is 6.92 Å². The predicted octanol–water partition coefficient (Wildman–Crippen LogP) is 1.89. The van der Waals surface area contributed by atoms with E-state index in [1.165, 1.54) is 0 Å². The van der Waals surface area contributed by atoms with Crippen LogP contribution in [0.4, 0.5) is 5.69 Å². The maximum absolute atomic E-state index is 9.33. The lowest BCUT2D eigenvalue weighted by Crippen LogP contribution is -2.27. The molecule has 3 heteroatoms. The van der Waals surface area contributed by atoms with E-state index in [0.29, 0.717) is 0 Å². The first-order valence-corrected chi connectivity index (χ1v) is 5.41. The number of nitrogens with two attached hydrogens (primary N) is 1. The number of nitrogens with one attached hydrogen (secondary N) is 1. The summed E-state index contributed by atoms with van der Waals surface area (Å²) in [6.45, 7) is 4.61. The zero-order valence-electron chi connectivity index (χ0n) is 9.40. The molecule has 84 valence electrons. The maximum atomic E-state index is 9.33. The summed E-state index contributed by atoms with van der Waals surface area (Å²) >= 11 is 0. The molecule has 0 aromatic heterocycles. The van der Waals surface area contributed by atoms with Gasteiger partial charge < -0.3 is 16.2 Å². The Kier molecular flexibility index (Phi) is 4.59. The molecule has 1 rings (SSSR count). The summed E-state index contributed by atoms with van der Waals surface area (Å²) in [6, 6.07) is 7.96. The van der Waals surface area contributed by atoms with Crippen LogP contribution in [-0.4, -0.2) is 17.7 Å². The van der Waals surface area contributed by atoms with Crippen molar-refractivity contribution in [2.24, 2.45) is 5.73 Å². The van der Waals surface area contributed by atoms with Gasteiger partial charge >= 0.3 is 0 Å². The maximum Gasteiger partial charge on any atom is 0.0761 e. The molecule has 0 saturated heterocycles. The van der Waals surface area contributed by atoms with E-state index in [-0.39, 0.29) is 6.04 Å². The molecular weight excluding hydrogens is 188 g/mol. The molecular formula is C12H20N2O. The fraction of sp³-hybridized carbons (Fsp3) is 0.500. The van der Waals surface area contributed by atoms with E-state index in [0.717, 1.165) is 24.2 Å². The molecule has 0 saturated carbocycles. The summed E-state index contributed by atoms with van der Waals surface area (Å²) in [4.78, 5) is 0. The third kappa shape index (κ3) is 3.90. The highest BCUT2D eigenvalue weighted by atomic mass is 16.3. The van der Waals surface area contributed by atoms with E-state index in [9.17, 15) is 5.11 Å². The number of rotatable bonds is 5. The fourth-order valence-corrected chi connectivity index (χ4v) is 1.27. The minimum absolute atomic E-state index is 0.196. The lowest BCUT2D eigenvalue weighted by Gasteiger charge is -2.12. The van der Waals surface area contributed by atoms with Crippen molar-refractivity contribution in [3.63, 3.8) is 0 Å². The lowest BCUT2D eigenvalue weighted by molar-refractivity contribution is 0.199. The van der Waals surface area contributed by atoms with Crippen molar-refractivity contribution in [2.45, 2.75) is 32.4 Å². The van der Waals surface area contributed by atoms with Gasteiger partial charge in [-0.2, -0.15) is 0 Å². The van der Waals surface area contributed by atoms with Gasteiger partial charge in [-0.05, 0) is 31.0 Å². The van der Waals surface area contributed by atoms with Crippen LogP contribution in [0.2, 0.25) is 0 Å². The van der Waals surface area contributed by atoms with Crippen LogP contribution in [0.1, 0.15) is 31.9 Å². The summed E-state index contributed by atoms with van der Waals surface area (Å²) in [5.74, 6) is 0. The second kappa shape index (κ2) is 5.73. The van der Waals surface area contributed by atoms with Crippen molar-refractivity contribution >= 4 is 5.69 Å². The van der Waals surface area contributed by atoms with Crippen LogP contribution in [0.5, 0.6) is 0 Å². The zero-order valence-corrected chi connectivity index (χ0v) is 9.40. The predicted molar refractivity (Wildman–Crippen MR) is 63.8 cm³/mol. The van der Waals surface area contributed by atoms with Gasteiger partial charge in [-0.15, -0.1) is 0 Å². The van der Waals surface area contributed by atoms with E-state index in [1.807, 2.05) is 24.3 Å². The summed E-state index contributed by atoms with van der Waals surface area (Å²) in [5, 5.41) is 12.6. The number of hydrogen-bond acceptors (Lipinski definition) is 3. The minimum Gasteiger partial charge on any atom is -0.389 e. The largest absolute Gasteiger partial charge is 0.389 e. The molecule has 0 spiro atoms. The Morgan fingerprint density at radius 3 is 2.40 bits per heavy atom. The monoisotopic (exact) mass is 208 g/mol. The molecule has 0 aliphatic carbocycles. The third-order valence-electron chi connectivity index (χ3n) is 2.49. The van der Waals surface area contributed by atoms with E-state index < -0.39 is 6.10 Å². The van der Waals surface area contributed by atoms with Gasteiger partial charge in [0.15, 0.2) is 0 Å². The Labute approximate surface area is 91.3 Å². The van der Waals surface area contributed by atoms with Crippen LogP contribution < -0.4 is 11.1 Å². The summed E-state index contributed by atoms with van der Waals surface area (Å²) < 4.78 is 0. The zero-order chi connectivity index (χ0) is 11.3. The topological polar surface area (TPSA) is 58.3 Å². The average molecular weight is 208 g/mol. The first kappa shape index (κ1) is 12.0. The smallest absolute Gasteiger partial charge is 0.0761 e. The Bertz CT molecular complexity index is 282. The Hall–Kier alpha value is -1.06. The first-order valence-electron chi connectivity index (χ1n) is 5.41. The Morgan fingerprint density at radius 2 is 1.93 bits per heavy atom. The Morgan fingerprint density at radius 1 is 1.33 bits per heavy atom. The van der Waals surface area contributed by atoms with Crippen molar-refractivity contribution in [1.29, 1.82) is 0 Å². The summed E-state index contributed by atoms with van der Waals surface area (Å²) in [7, 11) is 0. The normalized spacial score (nSPS) is 14.7. The number of aliphatic hydroxyl groups excluding tert-OH is 1. The highest BCUT2D eigenvalue weighted by molar-refractivity contribution is 5.45. The van der Waals surface area contributed by atoms with Crippen molar-refractivity contribution in [2.75, 3.05) is 11.9 Å². The molecule has 2 unspecified atom stereocenters. The standard InChI is InChI=1S/C12H20N2O/c1-3-11(13)8-14-12-6-4-10(5-7-12)9(2)15/h4-7,9,11,14-15H,3,8,13H2,1-2H3. The molecule has 2 atom stereocenters. The van der Waals surface area contributed by atoms with Crippen LogP contribution in [0.25, 0.3) is 0 Å². The molecule has 1 aromatic carbocycles. The van der Waals surface area contributed by atoms with Gasteiger partial charge in [-0.1, -0.05) is 19.1 Å². The average Bonchev–Trinajstić information content (AvgIpc) is 2.26. The first-order chi connectivity index (χ1) is 7.13. The molecule has 3 nitrogen and oxygen atoms in total. The van der Waals surface area contributed by atoms with Gasteiger partial charge in [-0.25, -0.2) is 0 Å². The van der Waals surface area contributed by atoms with Crippen LogP contribution >= 0.6 is 0 Å². The van der Waals surface area contributed by atoms with Gasteiger partial charge in [0, 0.05) is 18.3 Å². The second-order valence-corrected chi connectivity index (χ2v) is 3.85. The molecule has 0 fully saturated rings. The lowest BCUT2D eigenvalue weighted by atomic mass is 10.1. The van der Waals surface area contributed by atoms with Crippen molar-refractivity contribution < 1.29 is 5.11 Å². The molecule has 0 amide bonds. The van der Waals surface area contributed by atoms with Crippen LogP contribution in [0, 0.1) is 0 Å². The molecule has 0 aliphatic rings. The van der Waals surface area contributed by atoms with Crippen molar-refractivity contribution in [1.82, 2.24) is 0 Å². The van der Waals surface area contributed by atoms with Gasteiger partial charge in [0.2, 0.25) is 0 Å². The summed E-state index contributed by atoms with van der Waals surface area (Å²) in [5.41, 5.74) is 7.77. The highest BCUT2D eigenvalue weighted by Gasteiger charge is 2.01. The molecule has 0 aliphatic heterocycles. The number of hydrogen-bond donors (Lipinski definition) is 3. The van der Waals surface area contributed by atoms with Crippen molar-refractivity contribution in [3.05, 3.63) is 29.8 Å². The van der Waals surface area contributed by atoms with Crippen LogP contribution in [0.15, 0.2) is 24.3 Å².